The largest absolute Gasteiger partial charge is 0.341 e. The highest BCUT2D eigenvalue weighted by Gasteiger charge is 2.34. The van der Waals surface area contributed by atoms with Crippen molar-refractivity contribution < 1.29 is 4.79 Å². The van der Waals surface area contributed by atoms with Gasteiger partial charge in [-0.05, 0) is 58.3 Å². The van der Waals surface area contributed by atoms with E-state index in [1.807, 2.05) is 7.05 Å². The van der Waals surface area contributed by atoms with Crippen LogP contribution in [-0.2, 0) is 4.79 Å². The van der Waals surface area contributed by atoms with Gasteiger partial charge in [0.2, 0.25) is 5.91 Å². The van der Waals surface area contributed by atoms with E-state index in [1.165, 1.54) is 12.8 Å². The Balaban J connectivity index is 1.90. The number of piperidine rings is 1. The van der Waals surface area contributed by atoms with Crippen LogP contribution in [0.4, 0.5) is 0 Å². The molecule has 1 amide bonds. The fraction of sp³-hybridized carbons (Fsp3) is 0.933. The van der Waals surface area contributed by atoms with Crippen LogP contribution in [0.3, 0.4) is 0 Å². The summed E-state index contributed by atoms with van der Waals surface area (Å²) >= 11 is 0. The van der Waals surface area contributed by atoms with E-state index < -0.39 is 0 Å². The molecule has 2 atom stereocenters. The van der Waals surface area contributed by atoms with Crippen molar-refractivity contribution in [3.8, 4) is 0 Å². The van der Waals surface area contributed by atoms with E-state index in [0.717, 1.165) is 52.0 Å². The topological polar surface area (TPSA) is 35.6 Å². The highest BCUT2D eigenvalue weighted by molar-refractivity contribution is 5.82. The van der Waals surface area contributed by atoms with E-state index in [0.29, 0.717) is 11.8 Å². The molecule has 2 aliphatic rings. The predicted octanol–water partition coefficient (Wildman–Crippen LogP) is 1.32. The van der Waals surface area contributed by atoms with Crippen LogP contribution in [-0.4, -0.2) is 61.5 Å². The average molecular weight is 267 g/mol. The summed E-state index contributed by atoms with van der Waals surface area (Å²) in [6.45, 7) is 7.34. The fourth-order valence-electron chi connectivity index (χ4n) is 3.52. The van der Waals surface area contributed by atoms with Gasteiger partial charge in [0, 0.05) is 13.1 Å². The maximum absolute atomic E-state index is 12.7. The highest BCUT2D eigenvalue weighted by Crippen LogP contribution is 2.23. The Morgan fingerprint density at radius 1 is 1.26 bits per heavy atom. The number of nitrogens with one attached hydrogen (secondary N) is 1. The second-order valence-electron chi connectivity index (χ2n) is 6.04. The summed E-state index contributed by atoms with van der Waals surface area (Å²) in [7, 11) is 1.99. The summed E-state index contributed by atoms with van der Waals surface area (Å²) in [6.07, 6.45) is 5.84. The fourth-order valence-corrected chi connectivity index (χ4v) is 3.52. The van der Waals surface area contributed by atoms with Crippen LogP contribution in [0.5, 0.6) is 0 Å². The van der Waals surface area contributed by atoms with Crippen molar-refractivity contribution in [2.24, 2.45) is 5.92 Å². The van der Waals surface area contributed by atoms with Gasteiger partial charge in [0.05, 0.1) is 6.04 Å². The quantitative estimate of drug-likeness (QED) is 0.816. The van der Waals surface area contributed by atoms with Crippen LogP contribution in [0.25, 0.3) is 0 Å². The maximum Gasteiger partial charge on any atom is 0.239 e. The van der Waals surface area contributed by atoms with Gasteiger partial charge in [-0.25, -0.2) is 0 Å². The third-order valence-corrected chi connectivity index (χ3v) is 4.50. The monoisotopic (exact) mass is 267 g/mol. The van der Waals surface area contributed by atoms with Gasteiger partial charge in [-0.3, -0.25) is 9.69 Å². The normalized spacial score (nSPS) is 28.8. The molecule has 2 saturated heterocycles. The molecule has 4 nitrogen and oxygen atoms in total. The van der Waals surface area contributed by atoms with Crippen molar-refractivity contribution in [1.29, 1.82) is 0 Å². The molecule has 19 heavy (non-hydrogen) atoms. The Kier molecular flexibility index (Phi) is 5.64. The number of amides is 1. The molecule has 2 rings (SSSR count). The molecule has 0 unspecified atom stereocenters. The SMILES string of the molecule is CCCN1CCCC[C@H]1C(=O)N1CC[C@H](CNC)C1. The molecule has 2 fully saturated rings. The maximum atomic E-state index is 12.7. The highest BCUT2D eigenvalue weighted by atomic mass is 16.2. The van der Waals surface area contributed by atoms with Crippen LogP contribution < -0.4 is 5.32 Å². The number of rotatable bonds is 5. The zero-order chi connectivity index (χ0) is 13.7. The number of hydrogen-bond acceptors (Lipinski definition) is 3. The number of likely N-dealkylation sites (tertiary alicyclic amines) is 2. The molecule has 0 aliphatic carbocycles. The first-order valence-corrected chi connectivity index (χ1v) is 7.93. The van der Waals surface area contributed by atoms with Crippen LogP contribution in [0.1, 0.15) is 39.0 Å². The molecule has 0 aromatic heterocycles. The molecule has 0 bridgehead atoms. The lowest BCUT2D eigenvalue weighted by Crippen LogP contribution is -2.50. The Morgan fingerprint density at radius 3 is 2.84 bits per heavy atom. The molecule has 2 aliphatic heterocycles. The van der Waals surface area contributed by atoms with Gasteiger partial charge < -0.3 is 10.2 Å². The molecule has 110 valence electrons. The van der Waals surface area contributed by atoms with Crippen LogP contribution >= 0.6 is 0 Å². The van der Waals surface area contributed by atoms with Gasteiger partial charge in [0.25, 0.3) is 0 Å². The zero-order valence-electron chi connectivity index (χ0n) is 12.5. The molecule has 0 saturated carbocycles. The third-order valence-electron chi connectivity index (χ3n) is 4.50. The standard InChI is InChI=1S/C15H29N3O/c1-3-8-17-9-5-4-6-14(17)15(19)18-10-7-13(12-18)11-16-2/h13-14,16H,3-12H2,1-2H3/t13-,14+/m1/s1. The van der Waals surface area contributed by atoms with E-state index >= 15 is 0 Å². The van der Waals surface area contributed by atoms with Gasteiger partial charge in [0.1, 0.15) is 0 Å². The lowest BCUT2D eigenvalue weighted by atomic mass is 10.0. The molecule has 0 aromatic rings. The Hall–Kier alpha value is -0.610. The second-order valence-corrected chi connectivity index (χ2v) is 6.04. The smallest absolute Gasteiger partial charge is 0.239 e. The second kappa shape index (κ2) is 7.25. The van der Waals surface area contributed by atoms with E-state index in [4.69, 9.17) is 0 Å². The summed E-state index contributed by atoms with van der Waals surface area (Å²) in [6, 6.07) is 0.169. The Morgan fingerprint density at radius 2 is 2.11 bits per heavy atom. The van der Waals surface area contributed by atoms with Crippen LogP contribution in [0, 0.1) is 5.92 Å². The summed E-state index contributed by atoms with van der Waals surface area (Å²) in [5.74, 6) is 1.05. The first kappa shape index (κ1) is 14.8. The van der Waals surface area contributed by atoms with Gasteiger partial charge in [-0.2, -0.15) is 0 Å². The minimum Gasteiger partial charge on any atom is -0.341 e. The van der Waals surface area contributed by atoms with Gasteiger partial charge in [-0.1, -0.05) is 13.3 Å². The minimum absolute atomic E-state index is 0.169. The Bertz CT molecular complexity index is 293. The summed E-state index contributed by atoms with van der Waals surface area (Å²) in [4.78, 5) is 17.2. The van der Waals surface area contributed by atoms with Crippen molar-refractivity contribution in [2.75, 3.05) is 39.8 Å². The van der Waals surface area contributed by atoms with E-state index in [9.17, 15) is 4.79 Å². The number of nitrogens with zero attached hydrogens (tertiary/aromatic N) is 2. The zero-order valence-corrected chi connectivity index (χ0v) is 12.5. The van der Waals surface area contributed by atoms with E-state index in [-0.39, 0.29) is 6.04 Å². The van der Waals surface area contributed by atoms with E-state index in [2.05, 4.69) is 22.0 Å². The van der Waals surface area contributed by atoms with Gasteiger partial charge in [-0.15, -0.1) is 0 Å². The summed E-state index contributed by atoms with van der Waals surface area (Å²) in [5, 5.41) is 3.23. The van der Waals surface area contributed by atoms with Gasteiger partial charge in [0.15, 0.2) is 0 Å². The molecule has 4 heteroatoms. The van der Waals surface area contributed by atoms with E-state index in [1.54, 1.807) is 0 Å². The van der Waals surface area contributed by atoms with Crippen molar-refractivity contribution in [3.05, 3.63) is 0 Å². The van der Waals surface area contributed by atoms with Crippen molar-refractivity contribution in [1.82, 2.24) is 15.1 Å². The number of carbonyl (C=O) groups excluding carboxylic acids is 1. The van der Waals surface area contributed by atoms with Crippen molar-refractivity contribution in [2.45, 2.75) is 45.1 Å². The lowest BCUT2D eigenvalue weighted by molar-refractivity contribution is -0.137. The van der Waals surface area contributed by atoms with Crippen molar-refractivity contribution in [3.63, 3.8) is 0 Å². The predicted molar refractivity (Wildman–Crippen MR) is 78.1 cm³/mol. The average Bonchev–Trinajstić information content (AvgIpc) is 2.88. The first-order chi connectivity index (χ1) is 9.26. The molecule has 1 N–H and O–H groups in total. The first-order valence-electron chi connectivity index (χ1n) is 7.93. The summed E-state index contributed by atoms with van der Waals surface area (Å²) < 4.78 is 0. The van der Waals surface area contributed by atoms with Crippen LogP contribution in [0.2, 0.25) is 0 Å². The number of carbonyl (C=O) groups is 1. The minimum atomic E-state index is 0.169. The van der Waals surface area contributed by atoms with Crippen LogP contribution in [0.15, 0.2) is 0 Å². The molecular formula is C15H29N3O. The molecule has 0 aromatic carbocycles. The van der Waals surface area contributed by atoms with Gasteiger partial charge >= 0.3 is 0 Å². The molecule has 2 heterocycles. The third kappa shape index (κ3) is 3.69. The Labute approximate surface area is 117 Å². The van der Waals surface area contributed by atoms with Crippen molar-refractivity contribution >= 4 is 5.91 Å². The number of hydrogen-bond donors (Lipinski definition) is 1. The molecule has 0 spiro atoms. The summed E-state index contributed by atoms with van der Waals surface area (Å²) in [5.41, 5.74) is 0. The lowest BCUT2D eigenvalue weighted by Gasteiger charge is -2.36. The molecular weight excluding hydrogens is 238 g/mol. The molecule has 0 radical (unpaired) electrons.